The Kier molecular flexibility index (Phi) is 6.76. The van der Waals surface area contributed by atoms with Gasteiger partial charge in [-0.1, -0.05) is 28.1 Å². The summed E-state index contributed by atoms with van der Waals surface area (Å²) in [5.41, 5.74) is 1.14. The van der Waals surface area contributed by atoms with E-state index >= 15 is 0 Å². The van der Waals surface area contributed by atoms with Crippen LogP contribution in [-0.4, -0.2) is 67.0 Å². The number of amides is 1. The number of benzene rings is 1. The average Bonchev–Trinajstić information content (AvgIpc) is 3.41. The van der Waals surface area contributed by atoms with Gasteiger partial charge in [-0.05, 0) is 43.9 Å². The van der Waals surface area contributed by atoms with E-state index in [2.05, 4.69) is 50.5 Å². The Labute approximate surface area is 170 Å². The Hall–Kier alpha value is -1.60. The summed E-state index contributed by atoms with van der Waals surface area (Å²) < 4.78 is 1.06. The van der Waals surface area contributed by atoms with E-state index in [1.165, 1.54) is 12.8 Å². The molecule has 0 bridgehead atoms. The van der Waals surface area contributed by atoms with E-state index in [9.17, 15) is 4.79 Å². The van der Waals surface area contributed by atoms with Gasteiger partial charge in [0.25, 0.3) is 0 Å². The van der Waals surface area contributed by atoms with Crippen molar-refractivity contribution in [3.63, 3.8) is 0 Å². The van der Waals surface area contributed by atoms with Crippen molar-refractivity contribution in [2.75, 3.05) is 27.2 Å². The molecule has 1 saturated carbocycles. The third-order valence-corrected chi connectivity index (χ3v) is 5.75. The third-order valence-electron chi connectivity index (χ3n) is 5.22. The molecule has 148 valence electrons. The second kappa shape index (κ2) is 9.06. The van der Waals surface area contributed by atoms with Gasteiger partial charge in [-0.3, -0.25) is 9.69 Å². The normalized spacial score (nSPS) is 23.3. The van der Waals surface area contributed by atoms with Crippen LogP contribution in [0.25, 0.3) is 0 Å². The fourth-order valence-electron chi connectivity index (χ4n) is 3.50. The van der Waals surface area contributed by atoms with Gasteiger partial charge in [0.05, 0.1) is 13.1 Å². The van der Waals surface area contributed by atoms with Crippen molar-refractivity contribution in [3.05, 3.63) is 34.3 Å². The highest BCUT2D eigenvalue weighted by Gasteiger charge is 2.38. The van der Waals surface area contributed by atoms with Gasteiger partial charge in [0, 0.05) is 43.2 Å². The molecular weight excluding hydrogens is 406 g/mol. The largest absolute Gasteiger partial charge is 0.352 e. The predicted molar refractivity (Wildman–Crippen MR) is 113 cm³/mol. The molecule has 1 heterocycles. The van der Waals surface area contributed by atoms with Crippen LogP contribution in [0.5, 0.6) is 0 Å². The molecular formula is C20H30BrN5O. The predicted octanol–water partition coefficient (Wildman–Crippen LogP) is 2.20. The lowest BCUT2D eigenvalue weighted by Gasteiger charge is -2.20. The minimum absolute atomic E-state index is 0.0348. The highest BCUT2D eigenvalue weighted by Crippen LogP contribution is 2.33. The molecule has 1 saturated heterocycles. The summed E-state index contributed by atoms with van der Waals surface area (Å²) in [4.78, 5) is 20.9. The Morgan fingerprint density at radius 1 is 1.30 bits per heavy atom. The van der Waals surface area contributed by atoms with E-state index in [0.717, 1.165) is 29.0 Å². The molecule has 1 aliphatic carbocycles. The lowest BCUT2D eigenvalue weighted by molar-refractivity contribution is -0.127. The summed E-state index contributed by atoms with van der Waals surface area (Å²) in [6.45, 7) is 4.18. The number of hydrogen-bond acceptors (Lipinski definition) is 3. The number of rotatable bonds is 6. The Bertz CT molecular complexity index is 671. The number of hydrogen-bond donors (Lipinski definition) is 2. The topological polar surface area (TPSA) is 60.0 Å². The van der Waals surface area contributed by atoms with E-state index < -0.39 is 0 Å². The molecule has 27 heavy (non-hydrogen) atoms. The minimum atomic E-state index is 0.0348. The van der Waals surface area contributed by atoms with Gasteiger partial charge in [0.15, 0.2) is 5.96 Å². The summed E-state index contributed by atoms with van der Waals surface area (Å²) in [6, 6.07) is 9.90. The lowest BCUT2D eigenvalue weighted by Crippen LogP contribution is -2.47. The van der Waals surface area contributed by atoms with Gasteiger partial charge >= 0.3 is 0 Å². The molecule has 0 radical (unpaired) electrons. The van der Waals surface area contributed by atoms with Crippen molar-refractivity contribution in [2.24, 2.45) is 4.99 Å². The number of nitrogens with one attached hydrogen (secondary N) is 2. The van der Waals surface area contributed by atoms with Crippen LogP contribution in [0.15, 0.2) is 33.7 Å². The number of likely N-dealkylation sites (tertiary alicyclic amines) is 1. The van der Waals surface area contributed by atoms with Crippen molar-refractivity contribution >= 4 is 27.8 Å². The van der Waals surface area contributed by atoms with E-state index in [0.29, 0.717) is 24.6 Å². The Balaban J connectivity index is 1.62. The zero-order valence-corrected chi connectivity index (χ0v) is 18.0. The monoisotopic (exact) mass is 435 g/mol. The second-order valence-electron chi connectivity index (χ2n) is 7.79. The third kappa shape index (κ3) is 5.94. The summed E-state index contributed by atoms with van der Waals surface area (Å²) >= 11 is 3.46. The highest BCUT2D eigenvalue weighted by molar-refractivity contribution is 9.10. The van der Waals surface area contributed by atoms with Crippen LogP contribution in [-0.2, 0) is 11.3 Å². The number of aliphatic imine (C=N–C) groups is 1. The summed E-state index contributed by atoms with van der Waals surface area (Å²) in [5, 5.41) is 6.76. The first-order valence-corrected chi connectivity index (χ1v) is 10.5. The van der Waals surface area contributed by atoms with Crippen molar-refractivity contribution < 1.29 is 4.79 Å². The van der Waals surface area contributed by atoms with Crippen LogP contribution in [0.1, 0.15) is 31.7 Å². The van der Waals surface area contributed by atoms with E-state index in [4.69, 9.17) is 4.99 Å². The number of guanidine groups is 1. The molecule has 0 spiro atoms. The maximum atomic E-state index is 12.0. The maximum absolute atomic E-state index is 12.0. The molecule has 7 heteroatoms. The SMILES string of the molecule is CC1CC(NC(=NCc2ccc(Br)cc2)NCC(=O)N(C)C)CN1C1CC1. The molecule has 1 aromatic carbocycles. The lowest BCUT2D eigenvalue weighted by atomic mass is 10.2. The van der Waals surface area contributed by atoms with Gasteiger partial charge in [-0.15, -0.1) is 0 Å². The van der Waals surface area contributed by atoms with E-state index in [1.807, 2.05) is 12.1 Å². The molecule has 3 rings (SSSR count). The molecule has 2 aliphatic rings. The molecule has 6 nitrogen and oxygen atoms in total. The second-order valence-corrected chi connectivity index (χ2v) is 8.70. The molecule has 1 aromatic rings. The van der Waals surface area contributed by atoms with Crippen molar-refractivity contribution in [2.45, 2.75) is 50.9 Å². The zero-order chi connectivity index (χ0) is 19.4. The van der Waals surface area contributed by atoms with Crippen LogP contribution >= 0.6 is 15.9 Å². The standard InChI is InChI=1S/C20H30BrN5O/c1-14-10-17(13-26(14)18-8-9-18)24-20(23-12-19(27)25(2)3)22-11-15-4-6-16(21)7-5-15/h4-7,14,17-18H,8-13H2,1-3H3,(H2,22,23,24). The van der Waals surface area contributed by atoms with Crippen LogP contribution in [0.3, 0.4) is 0 Å². The van der Waals surface area contributed by atoms with Crippen molar-refractivity contribution in [1.29, 1.82) is 0 Å². The fraction of sp³-hybridized carbons (Fsp3) is 0.600. The number of carbonyl (C=O) groups is 1. The van der Waals surface area contributed by atoms with Crippen LogP contribution < -0.4 is 10.6 Å². The average molecular weight is 436 g/mol. The van der Waals surface area contributed by atoms with Crippen molar-refractivity contribution in [3.8, 4) is 0 Å². The zero-order valence-electron chi connectivity index (χ0n) is 16.4. The first-order chi connectivity index (χ1) is 12.9. The number of nitrogens with zero attached hydrogens (tertiary/aromatic N) is 3. The van der Waals surface area contributed by atoms with Crippen LogP contribution in [0.4, 0.5) is 0 Å². The van der Waals surface area contributed by atoms with Gasteiger partial charge in [-0.2, -0.15) is 0 Å². The molecule has 2 N–H and O–H groups in total. The number of likely N-dealkylation sites (N-methyl/N-ethyl adjacent to an activating group) is 1. The van der Waals surface area contributed by atoms with Crippen LogP contribution in [0, 0.1) is 0 Å². The number of carbonyl (C=O) groups excluding carboxylic acids is 1. The molecule has 2 fully saturated rings. The fourth-order valence-corrected chi connectivity index (χ4v) is 3.76. The van der Waals surface area contributed by atoms with Crippen molar-refractivity contribution in [1.82, 2.24) is 20.4 Å². The molecule has 1 aliphatic heterocycles. The van der Waals surface area contributed by atoms with Gasteiger partial charge in [0.2, 0.25) is 5.91 Å². The van der Waals surface area contributed by atoms with Gasteiger partial charge < -0.3 is 15.5 Å². The maximum Gasteiger partial charge on any atom is 0.241 e. The van der Waals surface area contributed by atoms with Crippen LogP contribution in [0.2, 0.25) is 0 Å². The summed E-state index contributed by atoms with van der Waals surface area (Å²) in [5.74, 6) is 0.746. The minimum Gasteiger partial charge on any atom is -0.352 e. The first-order valence-electron chi connectivity index (χ1n) is 9.67. The highest BCUT2D eigenvalue weighted by atomic mass is 79.9. The summed E-state index contributed by atoms with van der Waals surface area (Å²) in [7, 11) is 3.53. The Morgan fingerprint density at radius 2 is 2.00 bits per heavy atom. The van der Waals surface area contributed by atoms with Gasteiger partial charge in [-0.25, -0.2) is 4.99 Å². The molecule has 1 amide bonds. The van der Waals surface area contributed by atoms with Gasteiger partial charge in [0.1, 0.15) is 0 Å². The quantitative estimate of drug-likeness (QED) is 0.531. The Morgan fingerprint density at radius 3 is 2.63 bits per heavy atom. The first kappa shape index (κ1) is 20.1. The number of halogens is 1. The summed E-state index contributed by atoms with van der Waals surface area (Å²) in [6.07, 6.45) is 3.77. The smallest absolute Gasteiger partial charge is 0.241 e. The van der Waals surface area contributed by atoms with E-state index in [-0.39, 0.29) is 12.5 Å². The molecule has 0 aromatic heterocycles. The van der Waals surface area contributed by atoms with E-state index in [1.54, 1.807) is 19.0 Å². The molecule has 2 unspecified atom stereocenters. The molecule has 2 atom stereocenters.